The van der Waals surface area contributed by atoms with Crippen molar-refractivity contribution >= 4 is 33.3 Å². The average molecular weight is 448 g/mol. The molecule has 9 nitrogen and oxygen atoms in total. The molecule has 0 atom stereocenters. The zero-order valence-corrected chi connectivity index (χ0v) is 18.1. The molecule has 31 heavy (non-hydrogen) atoms. The van der Waals surface area contributed by atoms with Crippen LogP contribution in [0, 0.1) is 0 Å². The molecule has 2 aromatic rings. The van der Waals surface area contributed by atoms with E-state index >= 15 is 0 Å². The van der Waals surface area contributed by atoms with Crippen molar-refractivity contribution in [1.82, 2.24) is 0 Å². The third-order valence-corrected chi connectivity index (χ3v) is 5.76. The van der Waals surface area contributed by atoms with Crippen molar-refractivity contribution in [1.29, 1.82) is 0 Å². The molecule has 0 unspecified atom stereocenters. The van der Waals surface area contributed by atoms with Crippen molar-refractivity contribution in [3.05, 3.63) is 48.0 Å². The van der Waals surface area contributed by atoms with Crippen LogP contribution in [0.1, 0.15) is 23.2 Å². The predicted molar refractivity (Wildman–Crippen MR) is 115 cm³/mol. The van der Waals surface area contributed by atoms with Gasteiger partial charge in [0.05, 0.1) is 24.6 Å². The SMILES string of the molecule is COC(=O)c1ccc(NC(=O)CCCN(c2ccc3c(c2)OCCO3)S(C)(=O)=O)cc1. The summed E-state index contributed by atoms with van der Waals surface area (Å²) in [5.41, 5.74) is 1.36. The lowest BCUT2D eigenvalue weighted by atomic mass is 10.2. The molecule has 10 heteroatoms. The maximum absolute atomic E-state index is 12.3. The lowest BCUT2D eigenvalue weighted by Gasteiger charge is -2.25. The number of nitrogens with one attached hydrogen (secondary N) is 1. The molecule has 0 aromatic heterocycles. The summed E-state index contributed by atoms with van der Waals surface area (Å²) in [4.78, 5) is 23.7. The van der Waals surface area contributed by atoms with Crippen molar-refractivity contribution in [2.75, 3.05) is 42.7 Å². The van der Waals surface area contributed by atoms with E-state index in [9.17, 15) is 18.0 Å². The topological polar surface area (TPSA) is 111 Å². The van der Waals surface area contributed by atoms with Gasteiger partial charge in [0, 0.05) is 24.7 Å². The highest BCUT2D eigenvalue weighted by Gasteiger charge is 2.21. The molecule has 166 valence electrons. The Kier molecular flexibility index (Phi) is 7.01. The summed E-state index contributed by atoms with van der Waals surface area (Å²) in [5.74, 6) is 0.339. The number of methoxy groups -OCH3 is 1. The van der Waals surface area contributed by atoms with Crippen LogP contribution < -0.4 is 19.1 Å². The van der Waals surface area contributed by atoms with E-state index in [0.717, 1.165) is 6.26 Å². The van der Waals surface area contributed by atoms with Gasteiger partial charge >= 0.3 is 5.97 Å². The fraction of sp³-hybridized carbons (Fsp3) is 0.333. The van der Waals surface area contributed by atoms with Crippen LogP contribution in [0.15, 0.2) is 42.5 Å². The van der Waals surface area contributed by atoms with E-state index < -0.39 is 16.0 Å². The highest BCUT2D eigenvalue weighted by atomic mass is 32.2. The van der Waals surface area contributed by atoms with E-state index in [-0.39, 0.29) is 18.9 Å². The maximum Gasteiger partial charge on any atom is 0.337 e. The number of rotatable bonds is 8. The van der Waals surface area contributed by atoms with Crippen LogP contribution in [0.2, 0.25) is 0 Å². The zero-order chi connectivity index (χ0) is 22.4. The monoisotopic (exact) mass is 448 g/mol. The van der Waals surface area contributed by atoms with Crippen molar-refractivity contribution in [3.8, 4) is 11.5 Å². The molecule has 1 amide bonds. The third-order valence-electron chi connectivity index (χ3n) is 4.57. The Morgan fingerprint density at radius 1 is 1.06 bits per heavy atom. The van der Waals surface area contributed by atoms with Crippen molar-refractivity contribution in [2.24, 2.45) is 0 Å². The fourth-order valence-corrected chi connectivity index (χ4v) is 4.05. The summed E-state index contributed by atoms with van der Waals surface area (Å²) in [5, 5.41) is 2.72. The summed E-state index contributed by atoms with van der Waals surface area (Å²) < 4.78 is 41.5. The molecular weight excluding hydrogens is 424 g/mol. The molecule has 0 saturated heterocycles. The van der Waals surface area contributed by atoms with E-state index in [1.165, 1.54) is 11.4 Å². The molecule has 1 heterocycles. The van der Waals surface area contributed by atoms with E-state index in [0.29, 0.717) is 48.1 Å². The Balaban J connectivity index is 1.59. The molecular formula is C21H24N2O7S. The van der Waals surface area contributed by atoms with Gasteiger partial charge in [-0.05, 0) is 42.8 Å². The van der Waals surface area contributed by atoms with E-state index in [2.05, 4.69) is 10.1 Å². The summed E-state index contributed by atoms with van der Waals surface area (Å²) in [6.45, 7) is 0.978. The quantitative estimate of drug-likeness (QED) is 0.618. The number of amides is 1. The van der Waals surface area contributed by atoms with Gasteiger partial charge in [0.25, 0.3) is 0 Å². The Labute approximate surface area is 181 Å². The number of esters is 1. The van der Waals surface area contributed by atoms with Gasteiger partial charge in [-0.1, -0.05) is 0 Å². The molecule has 0 saturated carbocycles. The molecule has 1 aliphatic heterocycles. The molecule has 0 fully saturated rings. The molecule has 1 N–H and O–H groups in total. The first-order valence-corrected chi connectivity index (χ1v) is 11.5. The van der Waals surface area contributed by atoms with Crippen LogP contribution in [0.5, 0.6) is 11.5 Å². The highest BCUT2D eigenvalue weighted by Crippen LogP contribution is 2.34. The highest BCUT2D eigenvalue weighted by molar-refractivity contribution is 7.92. The Morgan fingerprint density at radius 2 is 1.74 bits per heavy atom. The summed E-state index contributed by atoms with van der Waals surface area (Å²) in [7, 11) is -2.26. The minimum atomic E-state index is -3.56. The molecule has 3 rings (SSSR count). The van der Waals surface area contributed by atoms with E-state index in [1.54, 1.807) is 42.5 Å². The molecule has 0 aliphatic carbocycles. The predicted octanol–water partition coefficient (Wildman–Crippen LogP) is 2.43. The molecule has 0 bridgehead atoms. The first kappa shape index (κ1) is 22.4. The number of hydrogen-bond donors (Lipinski definition) is 1. The second-order valence-corrected chi connectivity index (χ2v) is 8.79. The number of carbonyl (C=O) groups excluding carboxylic acids is 2. The number of sulfonamides is 1. The molecule has 2 aromatic carbocycles. The zero-order valence-electron chi connectivity index (χ0n) is 17.3. The van der Waals surface area contributed by atoms with Gasteiger partial charge in [-0.3, -0.25) is 9.10 Å². The van der Waals surface area contributed by atoms with E-state index in [4.69, 9.17) is 9.47 Å². The Bertz CT molecular complexity index is 1050. The lowest BCUT2D eigenvalue weighted by Crippen LogP contribution is -2.31. The van der Waals surface area contributed by atoms with Gasteiger partial charge in [-0.25, -0.2) is 13.2 Å². The molecule has 0 radical (unpaired) electrons. The first-order chi connectivity index (χ1) is 14.8. The number of fused-ring (bicyclic) bond motifs is 1. The summed E-state index contributed by atoms with van der Waals surface area (Å²) in [6.07, 6.45) is 1.55. The smallest absolute Gasteiger partial charge is 0.337 e. The second kappa shape index (κ2) is 9.69. The number of anilines is 2. The standard InChI is InChI=1S/C21H24N2O7S/c1-28-21(25)15-5-7-16(8-6-15)22-20(24)4-3-11-23(31(2,26)27)17-9-10-18-19(14-17)30-13-12-29-18/h5-10,14H,3-4,11-13H2,1-2H3,(H,22,24). The maximum atomic E-state index is 12.3. The van der Waals surface area contributed by atoms with Crippen LogP contribution >= 0.6 is 0 Å². The number of carbonyl (C=O) groups is 2. The van der Waals surface area contributed by atoms with Crippen LogP contribution in [0.3, 0.4) is 0 Å². The normalized spacial score (nSPS) is 12.7. The lowest BCUT2D eigenvalue weighted by molar-refractivity contribution is -0.116. The average Bonchev–Trinajstić information content (AvgIpc) is 2.75. The van der Waals surface area contributed by atoms with Gasteiger partial charge in [-0.15, -0.1) is 0 Å². The third kappa shape index (κ3) is 5.88. The van der Waals surface area contributed by atoms with Crippen molar-refractivity contribution in [3.63, 3.8) is 0 Å². The minimum Gasteiger partial charge on any atom is -0.486 e. The number of benzene rings is 2. The fourth-order valence-electron chi connectivity index (χ4n) is 3.09. The van der Waals surface area contributed by atoms with Gasteiger partial charge in [0.15, 0.2) is 11.5 Å². The van der Waals surface area contributed by atoms with Crippen LogP contribution in [-0.4, -0.2) is 53.4 Å². The van der Waals surface area contributed by atoms with Crippen molar-refractivity contribution in [2.45, 2.75) is 12.8 Å². The van der Waals surface area contributed by atoms with E-state index in [1.807, 2.05) is 0 Å². The summed E-state index contributed by atoms with van der Waals surface area (Å²) >= 11 is 0. The van der Waals surface area contributed by atoms with Gasteiger partial charge in [0.2, 0.25) is 15.9 Å². The van der Waals surface area contributed by atoms with Crippen LogP contribution in [0.25, 0.3) is 0 Å². The first-order valence-electron chi connectivity index (χ1n) is 9.63. The number of hydrogen-bond acceptors (Lipinski definition) is 7. The summed E-state index contributed by atoms with van der Waals surface area (Å²) in [6, 6.07) is 11.2. The largest absolute Gasteiger partial charge is 0.486 e. The number of ether oxygens (including phenoxy) is 3. The van der Waals surface area contributed by atoms with Gasteiger partial charge in [-0.2, -0.15) is 0 Å². The number of nitrogens with zero attached hydrogens (tertiary/aromatic N) is 1. The Morgan fingerprint density at radius 3 is 2.39 bits per heavy atom. The van der Waals surface area contributed by atoms with Crippen LogP contribution in [0.4, 0.5) is 11.4 Å². The molecule has 1 aliphatic rings. The van der Waals surface area contributed by atoms with Crippen molar-refractivity contribution < 1.29 is 32.2 Å². The van der Waals surface area contributed by atoms with Crippen LogP contribution in [-0.2, 0) is 19.6 Å². The molecule has 0 spiro atoms. The second-order valence-electron chi connectivity index (χ2n) is 6.88. The Hall–Kier alpha value is -3.27. The minimum absolute atomic E-state index is 0.120. The van der Waals surface area contributed by atoms with Gasteiger partial charge in [0.1, 0.15) is 13.2 Å². The van der Waals surface area contributed by atoms with Gasteiger partial charge < -0.3 is 19.5 Å².